The number of halogens is 2. The molecule has 0 aliphatic heterocycles. The second-order valence-corrected chi connectivity index (χ2v) is 4.96. The highest BCUT2D eigenvalue weighted by Gasteiger charge is 2.07. The molecule has 0 bridgehead atoms. The van der Waals surface area contributed by atoms with Gasteiger partial charge >= 0.3 is 0 Å². The Kier molecular flexibility index (Phi) is 6.44. The summed E-state index contributed by atoms with van der Waals surface area (Å²) >= 11 is 5.77. The third kappa shape index (κ3) is 4.83. The van der Waals surface area contributed by atoms with Crippen molar-refractivity contribution in [3.63, 3.8) is 0 Å². The van der Waals surface area contributed by atoms with E-state index in [2.05, 4.69) is 30.8 Å². The van der Waals surface area contributed by atoms with Gasteiger partial charge in [-0.2, -0.15) is 0 Å². The van der Waals surface area contributed by atoms with Crippen molar-refractivity contribution < 1.29 is 4.39 Å². The Bertz CT molecular complexity index is 369. The van der Waals surface area contributed by atoms with Crippen LogP contribution < -0.4 is 4.90 Å². The van der Waals surface area contributed by atoms with Gasteiger partial charge in [-0.25, -0.2) is 4.39 Å². The number of anilines is 1. The molecule has 0 radical (unpaired) electrons. The van der Waals surface area contributed by atoms with Gasteiger partial charge in [0.15, 0.2) is 0 Å². The van der Waals surface area contributed by atoms with Gasteiger partial charge in [0, 0.05) is 24.7 Å². The Morgan fingerprint density at radius 2 is 1.89 bits per heavy atom. The third-order valence-electron chi connectivity index (χ3n) is 2.88. The molecule has 0 atom stereocenters. The smallest absolute Gasteiger partial charge is 0.125 e. The van der Waals surface area contributed by atoms with Crippen LogP contribution in [0.2, 0.25) is 0 Å². The summed E-state index contributed by atoms with van der Waals surface area (Å²) in [5.41, 5.74) is 1.75. The molecule has 0 heterocycles. The maximum Gasteiger partial charge on any atom is 0.125 e. The van der Waals surface area contributed by atoms with Crippen LogP contribution in [0.1, 0.15) is 18.9 Å². The fraction of sp³-hybridized carbons (Fsp3) is 0.571. The van der Waals surface area contributed by atoms with Crippen LogP contribution in [0.5, 0.6) is 0 Å². The Balaban J connectivity index is 2.71. The average molecular weight is 273 g/mol. The van der Waals surface area contributed by atoms with Crippen LogP contribution in [0.15, 0.2) is 18.2 Å². The topological polar surface area (TPSA) is 6.48 Å². The van der Waals surface area contributed by atoms with Gasteiger partial charge in [0.05, 0.1) is 0 Å². The van der Waals surface area contributed by atoms with Crippen LogP contribution in [0.3, 0.4) is 0 Å². The van der Waals surface area contributed by atoms with Crippen molar-refractivity contribution in [3.05, 3.63) is 29.6 Å². The van der Waals surface area contributed by atoms with E-state index in [9.17, 15) is 4.39 Å². The molecule has 0 N–H and O–H groups in total. The van der Waals surface area contributed by atoms with Crippen molar-refractivity contribution in [1.82, 2.24) is 4.90 Å². The second-order valence-electron chi connectivity index (χ2n) is 4.69. The summed E-state index contributed by atoms with van der Waals surface area (Å²) in [6, 6.07) is 5.04. The lowest BCUT2D eigenvalue weighted by atomic mass is 10.2. The number of alkyl halides is 1. The molecule has 4 heteroatoms. The fourth-order valence-electron chi connectivity index (χ4n) is 1.94. The highest BCUT2D eigenvalue weighted by Crippen LogP contribution is 2.20. The Morgan fingerprint density at radius 3 is 2.44 bits per heavy atom. The molecule has 1 aromatic carbocycles. The summed E-state index contributed by atoms with van der Waals surface area (Å²) in [4.78, 5) is 4.34. The van der Waals surface area contributed by atoms with E-state index in [-0.39, 0.29) is 5.82 Å². The van der Waals surface area contributed by atoms with Crippen LogP contribution in [-0.4, -0.2) is 38.6 Å². The number of nitrogens with zero attached hydrogens (tertiary/aromatic N) is 2. The summed E-state index contributed by atoms with van der Waals surface area (Å²) < 4.78 is 13.5. The molecular weight excluding hydrogens is 251 g/mol. The van der Waals surface area contributed by atoms with Gasteiger partial charge in [-0.15, -0.1) is 11.6 Å². The van der Waals surface area contributed by atoms with Crippen molar-refractivity contribution in [3.8, 4) is 0 Å². The minimum absolute atomic E-state index is 0.214. The van der Waals surface area contributed by atoms with Crippen molar-refractivity contribution in [2.24, 2.45) is 0 Å². The monoisotopic (exact) mass is 272 g/mol. The zero-order valence-corrected chi connectivity index (χ0v) is 12.2. The molecule has 0 fully saturated rings. The minimum atomic E-state index is -0.214. The Labute approximate surface area is 114 Å². The van der Waals surface area contributed by atoms with E-state index in [1.165, 1.54) is 6.07 Å². The van der Waals surface area contributed by atoms with Gasteiger partial charge in [0.1, 0.15) is 5.82 Å². The normalized spacial score (nSPS) is 11.0. The summed E-state index contributed by atoms with van der Waals surface area (Å²) in [5, 5.41) is 0. The van der Waals surface area contributed by atoms with Crippen LogP contribution in [0.4, 0.5) is 10.1 Å². The first-order valence-electron chi connectivity index (χ1n) is 6.32. The molecule has 0 amide bonds. The summed E-state index contributed by atoms with van der Waals surface area (Å²) in [7, 11) is 4.12. The van der Waals surface area contributed by atoms with E-state index in [0.717, 1.165) is 37.3 Å². The maximum atomic E-state index is 13.5. The predicted molar refractivity (Wildman–Crippen MR) is 77.0 cm³/mol. The lowest BCUT2D eigenvalue weighted by Crippen LogP contribution is -2.27. The molecule has 18 heavy (non-hydrogen) atoms. The largest absolute Gasteiger partial charge is 0.372 e. The average Bonchev–Trinajstić information content (AvgIpc) is 2.33. The van der Waals surface area contributed by atoms with Gasteiger partial charge < -0.3 is 9.80 Å². The maximum absolute atomic E-state index is 13.5. The van der Waals surface area contributed by atoms with Crippen molar-refractivity contribution in [2.75, 3.05) is 38.6 Å². The molecule has 0 aliphatic rings. The highest BCUT2D eigenvalue weighted by molar-refractivity contribution is 6.17. The van der Waals surface area contributed by atoms with E-state index < -0.39 is 0 Å². The van der Waals surface area contributed by atoms with Gasteiger partial charge in [-0.3, -0.25) is 0 Å². The summed E-state index contributed by atoms with van der Waals surface area (Å²) in [5.74, 6) is 0.134. The Hall–Kier alpha value is -0.800. The predicted octanol–water partition coefficient (Wildman–Crippen LogP) is 3.34. The first-order valence-corrected chi connectivity index (χ1v) is 6.85. The molecule has 0 aromatic heterocycles. The minimum Gasteiger partial charge on any atom is -0.372 e. The zero-order chi connectivity index (χ0) is 13.5. The second kappa shape index (κ2) is 7.59. The van der Waals surface area contributed by atoms with Crippen LogP contribution in [-0.2, 0) is 5.88 Å². The van der Waals surface area contributed by atoms with Crippen LogP contribution >= 0.6 is 11.6 Å². The quantitative estimate of drug-likeness (QED) is 0.703. The van der Waals surface area contributed by atoms with Gasteiger partial charge in [0.2, 0.25) is 0 Å². The van der Waals surface area contributed by atoms with Gasteiger partial charge in [-0.05, 0) is 57.7 Å². The number of hydrogen-bond donors (Lipinski definition) is 0. The van der Waals surface area contributed by atoms with E-state index >= 15 is 0 Å². The van der Waals surface area contributed by atoms with E-state index in [4.69, 9.17) is 11.6 Å². The molecule has 0 aliphatic carbocycles. The molecule has 1 rings (SSSR count). The summed E-state index contributed by atoms with van der Waals surface area (Å²) in [6.45, 7) is 4.92. The summed E-state index contributed by atoms with van der Waals surface area (Å²) in [6.07, 6.45) is 1.06. The number of hydrogen-bond acceptors (Lipinski definition) is 2. The van der Waals surface area contributed by atoms with E-state index in [0.29, 0.717) is 5.88 Å². The Morgan fingerprint density at radius 1 is 1.17 bits per heavy atom. The van der Waals surface area contributed by atoms with Crippen LogP contribution in [0.25, 0.3) is 0 Å². The molecule has 0 spiro atoms. The molecule has 0 saturated heterocycles. The van der Waals surface area contributed by atoms with Crippen LogP contribution in [0, 0.1) is 5.82 Å². The molecule has 102 valence electrons. The standard InChI is InChI=1S/C14H22ClFN2/c1-4-18(7-5-6-17(2)3)14-9-12(11-15)8-13(16)10-14/h8-10H,4-7,11H2,1-3H3. The molecule has 0 saturated carbocycles. The van der Waals surface area contributed by atoms with Crippen molar-refractivity contribution >= 4 is 17.3 Å². The van der Waals surface area contributed by atoms with E-state index in [1.807, 2.05) is 6.07 Å². The third-order valence-corrected chi connectivity index (χ3v) is 3.19. The zero-order valence-electron chi connectivity index (χ0n) is 11.4. The lowest BCUT2D eigenvalue weighted by Gasteiger charge is -2.24. The number of rotatable bonds is 7. The van der Waals surface area contributed by atoms with Crippen molar-refractivity contribution in [2.45, 2.75) is 19.2 Å². The fourth-order valence-corrected chi connectivity index (χ4v) is 2.09. The first kappa shape index (κ1) is 15.3. The van der Waals surface area contributed by atoms with Gasteiger partial charge in [0.25, 0.3) is 0 Å². The SMILES string of the molecule is CCN(CCCN(C)C)c1cc(F)cc(CCl)c1. The number of benzene rings is 1. The first-order chi connectivity index (χ1) is 8.56. The molecule has 2 nitrogen and oxygen atoms in total. The van der Waals surface area contributed by atoms with E-state index in [1.54, 1.807) is 6.07 Å². The highest BCUT2D eigenvalue weighted by atomic mass is 35.5. The van der Waals surface area contributed by atoms with Gasteiger partial charge in [-0.1, -0.05) is 0 Å². The van der Waals surface area contributed by atoms with Crippen molar-refractivity contribution in [1.29, 1.82) is 0 Å². The molecule has 1 aromatic rings. The molecule has 0 unspecified atom stereocenters. The molecular formula is C14H22ClFN2. The lowest BCUT2D eigenvalue weighted by molar-refractivity contribution is 0.400.